The second kappa shape index (κ2) is 12.8. The Hall–Kier alpha value is -4.07. The summed E-state index contributed by atoms with van der Waals surface area (Å²) in [7, 11) is 0. The van der Waals surface area contributed by atoms with E-state index in [1.54, 1.807) is 54.6 Å². The van der Waals surface area contributed by atoms with Crippen LogP contribution >= 0.6 is 0 Å². The van der Waals surface area contributed by atoms with Gasteiger partial charge in [-0.1, -0.05) is 63.1 Å². The summed E-state index contributed by atoms with van der Waals surface area (Å²) < 4.78 is 39.9. The summed E-state index contributed by atoms with van der Waals surface area (Å²) in [5.74, 6) is 1.02. The lowest BCUT2D eigenvalue weighted by atomic mass is 9.90. The van der Waals surface area contributed by atoms with Crippen LogP contribution in [0.5, 0.6) is 5.75 Å². The number of fused-ring (bicyclic) bond motifs is 2. The van der Waals surface area contributed by atoms with Gasteiger partial charge in [0.1, 0.15) is 18.1 Å². The summed E-state index contributed by atoms with van der Waals surface area (Å²) in [6.07, 6.45) is 19.9. The minimum Gasteiger partial charge on any atom is -0.486 e. The number of rotatable bonds is 14. The molecule has 8 heteroatoms. The number of benzene rings is 1. The van der Waals surface area contributed by atoms with E-state index in [4.69, 9.17) is 4.74 Å². The predicted octanol–water partition coefficient (Wildman–Crippen LogP) is 7.66. The summed E-state index contributed by atoms with van der Waals surface area (Å²) in [5, 5.41) is 0. The number of unbranched alkanes of at least 4 members (excludes halogenated alkanes) is 3. The van der Waals surface area contributed by atoms with Crippen molar-refractivity contribution in [2.75, 3.05) is 6.61 Å². The lowest BCUT2D eigenvalue weighted by Gasteiger charge is -2.30. The molecular weight excluding hydrogens is 533 g/mol. The molecule has 0 atom stereocenters. The van der Waals surface area contributed by atoms with Gasteiger partial charge in [-0.25, -0.2) is 0 Å². The third kappa shape index (κ3) is 6.53. The zero-order valence-corrected chi connectivity index (χ0v) is 24.3. The van der Waals surface area contributed by atoms with Crippen molar-refractivity contribution in [3.63, 3.8) is 0 Å². The van der Waals surface area contributed by atoms with Crippen LogP contribution in [-0.4, -0.2) is 39.8 Å². The highest BCUT2D eigenvalue weighted by Gasteiger charge is 2.52. The van der Waals surface area contributed by atoms with E-state index in [1.165, 1.54) is 4.49 Å². The number of allylic oxidation sites excluding steroid dienone is 6. The van der Waals surface area contributed by atoms with Crippen LogP contribution in [0.2, 0.25) is 0 Å². The van der Waals surface area contributed by atoms with E-state index < -0.39 is 6.97 Å². The quantitative estimate of drug-likeness (QED) is 0.173. The molecule has 0 saturated carbocycles. The van der Waals surface area contributed by atoms with E-state index in [2.05, 4.69) is 0 Å². The van der Waals surface area contributed by atoms with Crippen LogP contribution in [0, 0.1) is 5.92 Å². The van der Waals surface area contributed by atoms with Crippen LogP contribution in [0.15, 0.2) is 78.0 Å². The molecule has 0 saturated heterocycles. The molecule has 3 heterocycles. The third-order valence-electron chi connectivity index (χ3n) is 7.95. The minimum atomic E-state index is -4.07. The van der Waals surface area contributed by atoms with Crippen LogP contribution in [0.25, 0.3) is 18.2 Å². The number of Topliss-reactive ketones (excluding diaryl/α,β-unsaturated/α-hetero) is 2. The number of aromatic nitrogens is 1. The number of hydrogen-bond donors (Lipinski definition) is 0. The van der Waals surface area contributed by atoms with Crippen molar-refractivity contribution in [3.05, 3.63) is 95.0 Å². The Morgan fingerprint density at radius 3 is 2.48 bits per heavy atom. The highest BCUT2D eigenvalue weighted by atomic mass is 19.2. The number of carbonyl (C=O) groups is 2. The van der Waals surface area contributed by atoms with Crippen molar-refractivity contribution in [2.45, 2.75) is 58.8 Å². The lowest BCUT2D eigenvalue weighted by Crippen LogP contribution is -2.50. The number of ether oxygens (including phenoxy) is 1. The standard InChI is InChI=1S/C34H37BF2N2O3/c1-25(2)34(41)12-6-4-3-5-11-31(40)24-42-32-20-14-26(15-21-32)13-16-28-17-18-29-23-30-19-22-33(27-9-7-8-10-27)39(30)35(36,37)38(28)29/h7-9,13-23,25H,3-6,10-12,24H2,1-2H3/b16-13+. The van der Waals surface area contributed by atoms with E-state index in [9.17, 15) is 9.59 Å². The molecule has 0 N–H and O–H groups in total. The maximum Gasteiger partial charge on any atom is 0.737 e. The summed E-state index contributed by atoms with van der Waals surface area (Å²) >= 11 is 0. The monoisotopic (exact) mass is 570 g/mol. The molecule has 2 aliphatic heterocycles. The van der Waals surface area contributed by atoms with E-state index in [1.807, 2.05) is 44.2 Å². The first-order valence-electron chi connectivity index (χ1n) is 14.9. The smallest absolute Gasteiger partial charge is 0.486 e. The van der Waals surface area contributed by atoms with Gasteiger partial charge in [-0.15, -0.1) is 0 Å². The molecule has 0 radical (unpaired) electrons. The Labute approximate surface area is 246 Å². The second-order valence-corrected chi connectivity index (χ2v) is 11.4. The van der Waals surface area contributed by atoms with Gasteiger partial charge >= 0.3 is 6.97 Å². The Morgan fingerprint density at radius 1 is 1.00 bits per heavy atom. The first kappa shape index (κ1) is 29.4. The molecule has 0 unspecified atom stereocenters. The zero-order valence-electron chi connectivity index (χ0n) is 24.3. The molecule has 0 fully saturated rings. The van der Waals surface area contributed by atoms with E-state index >= 15 is 8.63 Å². The van der Waals surface area contributed by atoms with E-state index in [0.717, 1.165) is 41.3 Å². The maximum atomic E-state index is 16.0. The molecule has 3 aliphatic rings. The Kier molecular flexibility index (Phi) is 9.00. The average molecular weight is 570 g/mol. The van der Waals surface area contributed by atoms with Gasteiger partial charge in [0, 0.05) is 53.9 Å². The van der Waals surface area contributed by atoms with Gasteiger partial charge in [0.25, 0.3) is 0 Å². The average Bonchev–Trinajstić information content (AvgIpc) is 3.73. The van der Waals surface area contributed by atoms with Crippen molar-refractivity contribution >= 4 is 42.5 Å². The van der Waals surface area contributed by atoms with Crippen molar-refractivity contribution < 1.29 is 27.4 Å². The molecule has 1 aromatic carbocycles. The Balaban J connectivity index is 1.14. The van der Waals surface area contributed by atoms with Gasteiger partial charge in [-0.3, -0.25) is 9.59 Å². The minimum absolute atomic E-state index is 0.0152. The van der Waals surface area contributed by atoms with Gasteiger partial charge in [0.05, 0.1) is 0 Å². The highest BCUT2D eigenvalue weighted by molar-refractivity contribution is 6.58. The molecule has 218 valence electrons. The highest BCUT2D eigenvalue weighted by Crippen LogP contribution is 2.35. The van der Waals surface area contributed by atoms with Crippen LogP contribution in [-0.2, 0) is 9.59 Å². The van der Waals surface area contributed by atoms with Crippen LogP contribution < -0.4 is 4.74 Å². The van der Waals surface area contributed by atoms with E-state index in [0.29, 0.717) is 53.6 Å². The molecule has 5 rings (SSSR count). The molecule has 42 heavy (non-hydrogen) atoms. The molecule has 1 aromatic heterocycles. The van der Waals surface area contributed by atoms with Gasteiger partial charge in [-0.05, 0) is 55.2 Å². The van der Waals surface area contributed by atoms with Crippen molar-refractivity contribution in [1.82, 2.24) is 4.48 Å². The number of carbonyl (C=O) groups excluding carboxylic acids is 2. The summed E-state index contributed by atoms with van der Waals surface area (Å²) in [5.41, 5.74) is 3.68. The van der Waals surface area contributed by atoms with Gasteiger partial charge < -0.3 is 22.3 Å². The Bertz CT molecular complexity index is 1540. The van der Waals surface area contributed by atoms with Crippen molar-refractivity contribution in [1.29, 1.82) is 0 Å². The number of nitrogens with zero attached hydrogens (tertiary/aromatic N) is 2. The topological polar surface area (TPSA) is 51.3 Å². The molecule has 0 bridgehead atoms. The predicted molar refractivity (Wildman–Crippen MR) is 165 cm³/mol. The summed E-state index contributed by atoms with van der Waals surface area (Å²) in [4.78, 5) is 23.9. The fourth-order valence-electron chi connectivity index (χ4n) is 5.54. The lowest BCUT2D eigenvalue weighted by molar-refractivity contribution is -0.360. The van der Waals surface area contributed by atoms with Crippen molar-refractivity contribution in [2.24, 2.45) is 5.92 Å². The molecular formula is C34H37BF2N2O3. The Morgan fingerprint density at radius 2 is 1.76 bits per heavy atom. The largest absolute Gasteiger partial charge is 0.737 e. The molecule has 5 nitrogen and oxygen atoms in total. The molecule has 2 aromatic rings. The SMILES string of the molecule is CC(C)C(=O)CCCCCCC(=O)COc1ccc(/C=C/c2ccc3n2[B-](F)(F)[N+]2=C(C4=CC=CC4)C=CC2=C3)cc1. The number of halogens is 2. The molecule has 0 spiro atoms. The summed E-state index contributed by atoms with van der Waals surface area (Å²) in [6, 6.07) is 10.7. The third-order valence-corrected chi connectivity index (χ3v) is 7.95. The normalized spacial score (nSPS) is 16.7. The fraction of sp³-hybridized carbons (Fsp3) is 0.324. The maximum absolute atomic E-state index is 16.0. The first-order valence-corrected chi connectivity index (χ1v) is 14.9. The number of hydrogen-bond acceptors (Lipinski definition) is 3. The molecule has 0 amide bonds. The first-order chi connectivity index (χ1) is 20.2. The van der Waals surface area contributed by atoms with E-state index in [-0.39, 0.29) is 18.3 Å². The van der Waals surface area contributed by atoms with Crippen LogP contribution in [0.1, 0.15) is 75.7 Å². The fourth-order valence-corrected chi connectivity index (χ4v) is 5.54. The second-order valence-electron chi connectivity index (χ2n) is 11.4. The van der Waals surface area contributed by atoms with Gasteiger partial charge in [-0.2, -0.15) is 0 Å². The van der Waals surface area contributed by atoms with Crippen LogP contribution in [0.4, 0.5) is 8.63 Å². The van der Waals surface area contributed by atoms with Crippen LogP contribution in [0.3, 0.4) is 0 Å². The van der Waals surface area contributed by atoms with Crippen molar-refractivity contribution in [3.8, 4) is 5.75 Å². The number of ketones is 2. The van der Waals surface area contributed by atoms with Gasteiger partial charge in [0.15, 0.2) is 17.2 Å². The molecule has 1 aliphatic carbocycles. The van der Waals surface area contributed by atoms with Gasteiger partial charge in [0.2, 0.25) is 0 Å². The zero-order chi connectivity index (χ0) is 29.7. The summed E-state index contributed by atoms with van der Waals surface area (Å²) in [6.45, 7) is -0.214.